The molecule has 0 aliphatic rings. The van der Waals surface area contributed by atoms with Gasteiger partial charge in [0.2, 0.25) is 0 Å². The van der Waals surface area contributed by atoms with Crippen molar-refractivity contribution < 1.29 is 19.8 Å². The zero-order chi connectivity index (χ0) is 17.1. The Morgan fingerprint density at radius 2 is 1.14 bits per heavy atom. The molecule has 2 atom stereocenters. The van der Waals surface area contributed by atoms with Crippen molar-refractivity contribution in [2.24, 2.45) is 32.9 Å². The summed E-state index contributed by atoms with van der Waals surface area (Å²) in [5.41, 5.74) is 20.6. The molecule has 10 N–H and O–H groups in total. The first-order valence-corrected chi connectivity index (χ1v) is 8.60. The largest absolute Gasteiger partial charge is 0.480 e. The van der Waals surface area contributed by atoms with Crippen molar-refractivity contribution in [3.05, 3.63) is 0 Å². The Morgan fingerprint density at radius 3 is 1.36 bits per heavy atom. The van der Waals surface area contributed by atoms with Crippen LogP contribution in [0.2, 0.25) is 0 Å². The highest BCUT2D eigenvalue weighted by Gasteiger charge is 2.17. The Hall–Kier alpha value is -1.82. The molecule has 0 aromatic rings. The lowest BCUT2D eigenvalue weighted by Crippen LogP contribution is -2.29. The fourth-order valence-electron chi connectivity index (χ4n) is 1.28. The number of carboxylic acid groups (broad SMARTS) is 2. The normalized spacial score (nSPS) is 12.9. The Labute approximate surface area is 135 Å². The molecule has 2 unspecified atom stereocenters. The van der Waals surface area contributed by atoms with Gasteiger partial charge in [0.1, 0.15) is 0 Å². The molecule has 10 nitrogen and oxygen atoms in total. The van der Waals surface area contributed by atoms with Gasteiger partial charge in [0.05, 0.1) is 0 Å². The van der Waals surface area contributed by atoms with Crippen LogP contribution < -0.4 is 22.9 Å². The molecule has 0 saturated carbocycles. The van der Waals surface area contributed by atoms with Crippen molar-refractivity contribution in [3.63, 3.8) is 0 Å². The van der Waals surface area contributed by atoms with E-state index < -0.39 is 24.0 Å². The molecule has 0 aliphatic carbocycles. The number of hydrogen-bond acceptors (Lipinski definition) is 6. The first-order valence-electron chi connectivity index (χ1n) is 6.11. The van der Waals surface area contributed by atoms with Crippen molar-refractivity contribution in [1.82, 2.24) is 0 Å². The van der Waals surface area contributed by atoms with Crippen LogP contribution >= 0.6 is 21.6 Å². The van der Waals surface area contributed by atoms with Gasteiger partial charge in [0, 0.05) is 11.5 Å². The maximum absolute atomic E-state index is 10.9. The van der Waals surface area contributed by atoms with Crippen LogP contribution in [0.3, 0.4) is 0 Å². The van der Waals surface area contributed by atoms with E-state index in [1.165, 1.54) is 21.6 Å². The van der Waals surface area contributed by atoms with Gasteiger partial charge in [-0.05, 0) is 12.8 Å². The van der Waals surface area contributed by atoms with E-state index in [9.17, 15) is 9.59 Å². The van der Waals surface area contributed by atoms with Gasteiger partial charge in [-0.3, -0.25) is 0 Å². The molecule has 126 valence electrons. The van der Waals surface area contributed by atoms with E-state index in [0.29, 0.717) is 11.5 Å². The number of carbonyl (C=O) groups is 2. The molecule has 0 aliphatic heterocycles. The van der Waals surface area contributed by atoms with Gasteiger partial charge in [-0.15, -0.1) is 0 Å². The molecule has 0 saturated heterocycles. The van der Waals surface area contributed by atoms with Crippen molar-refractivity contribution in [2.75, 3.05) is 11.5 Å². The summed E-state index contributed by atoms with van der Waals surface area (Å²) in [6.07, 6.45) is 0.530. The number of guanidine groups is 2. The fraction of sp³-hybridized carbons (Fsp3) is 0.600. The summed E-state index contributed by atoms with van der Waals surface area (Å²) in [6.45, 7) is 0. The topological polar surface area (TPSA) is 203 Å². The van der Waals surface area contributed by atoms with Gasteiger partial charge in [-0.1, -0.05) is 21.6 Å². The van der Waals surface area contributed by atoms with Crippen LogP contribution in [0.1, 0.15) is 12.8 Å². The molecule has 0 spiro atoms. The lowest BCUT2D eigenvalue weighted by molar-refractivity contribution is -0.139. The molecule has 0 fully saturated rings. The second kappa shape index (κ2) is 10.8. The highest BCUT2D eigenvalue weighted by atomic mass is 33.1. The second-order valence-corrected chi connectivity index (χ2v) is 6.74. The lowest BCUT2D eigenvalue weighted by atomic mass is 10.2. The molecular formula is C10H20N6O4S2. The monoisotopic (exact) mass is 352 g/mol. The van der Waals surface area contributed by atoms with Gasteiger partial charge >= 0.3 is 11.9 Å². The van der Waals surface area contributed by atoms with Gasteiger partial charge in [0.25, 0.3) is 0 Å². The second-order valence-electron chi connectivity index (χ2n) is 4.04. The zero-order valence-corrected chi connectivity index (χ0v) is 13.3. The summed E-state index contributed by atoms with van der Waals surface area (Å²) in [4.78, 5) is 29.0. The third kappa shape index (κ3) is 9.99. The highest BCUT2D eigenvalue weighted by molar-refractivity contribution is 8.76. The Bertz CT molecular complexity index is 397. The van der Waals surface area contributed by atoms with E-state index in [-0.39, 0.29) is 24.8 Å². The third-order valence-electron chi connectivity index (χ3n) is 2.21. The summed E-state index contributed by atoms with van der Waals surface area (Å²) in [5.74, 6) is -1.75. The van der Waals surface area contributed by atoms with Crippen LogP contribution in [0.15, 0.2) is 9.98 Å². The number of nitrogens with two attached hydrogens (primary N) is 4. The summed E-state index contributed by atoms with van der Waals surface area (Å²) in [5, 5.41) is 17.8. The van der Waals surface area contributed by atoms with Crippen LogP contribution in [0.4, 0.5) is 0 Å². The van der Waals surface area contributed by atoms with Gasteiger partial charge < -0.3 is 33.1 Å². The SMILES string of the molecule is NC(N)=NC(CCSSCCC(N=C(N)N)C(=O)O)C(=O)O. The van der Waals surface area contributed by atoms with Crippen LogP contribution in [-0.2, 0) is 9.59 Å². The molecule has 0 bridgehead atoms. The standard InChI is InChI=1S/C10H20N6O4S2/c11-9(12)15-5(7(17)18)1-3-21-22-4-2-6(8(19)20)16-10(13)14/h5-6H,1-4H2,(H,17,18)(H,19,20)(H4,11,12,15)(H4,13,14,16). The average molecular weight is 352 g/mol. The average Bonchev–Trinajstić information content (AvgIpc) is 2.38. The van der Waals surface area contributed by atoms with E-state index in [1.54, 1.807) is 0 Å². The van der Waals surface area contributed by atoms with E-state index in [4.69, 9.17) is 33.1 Å². The van der Waals surface area contributed by atoms with Gasteiger partial charge in [-0.25, -0.2) is 19.6 Å². The van der Waals surface area contributed by atoms with Crippen LogP contribution in [-0.4, -0.2) is 57.7 Å². The number of aliphatic carboxylic acids is 2. The number of rotatable bonds is 11. The van der Waals surface area contributed by atoms with E-state index in [0.717, 1.165) is 0 Å². The van der Waals surface area contributed by atoms with Crippen molar-refractivity contribution in [1.29, 1.82) is 0 Å². The molecule has 0 heterocycles. The summed E-state index contributed by atoms with van der Waals surface area (Å²) in [6, 6.07) is -1.96. The van der Waals surface area contributed by atoms with Crippen LogP contribution in [0.5, 0.6) is 0 Å². The minimum atomic E-state index is -1.10. The number of carboxylic acids is 2. The Morgan fingerprint density at radius 1 is 0.818 bits per heavy atom. The van der Waals surface area contributed by atoms with E-state index >= 15 is 0 Å². The first-order chi connectivity index (χ1) is 10.2. The lowest BCUT2D eigenvalue weighted by Gasteiger charge is -2.09. The highest BCUT2D eigenvalue weighted by Crippen LogP contribution is 2.24. The van der Waals surface area contributed by atoms with Crippen LogP contribution in [0.25, 0.3) is 0 Å². The predicted molar refractivity (Wildman–Crippen MR) is 88.6 cm³/mol. The maximum atomic E-state index is 10.9. The number of aliphatic imine (C=N–C) groups is 2. The minimum Gasteiger partial charge on any atom is -0.480 e. The van der Waals surface area contributed by atoms with Gasteiger partial charge in [0.15, 0.2) is 24.0 Å². The van der Waals surface area contributed by atoms with Crippen molar-refractivity contribution in [2.45, 2.75) is 24.9 Å². The van der Waals surface area contributed by atoms with Gasteiger partial charge in [-0.2, -0.15) is 0 Å². The molecule has 0 aromatic heterocycles. The maximum Gasteiger partial charge on any atom is 0.328 e. The Balaban J connectivity index is 4.02. The first kappa shape index (κ1) is 20.2. The molecule has 0 aromatic carbocycles. The smallest absolute Gasteiger partial charge is 0.328 e. The fourth-order valence-corrected chi connectivity index (χ4v) is 3.44. The predicted octanol–water partition coefficient (Wildman–Crippen LogP) is -1.40. The molecular weight excluding hydrogens is 332 g/mol. The van der Waals surface area contributed by atoms with Crippen molar-refractivity contribution >= 4 is 45.4 Å². The summed E-state index contributed by atoms with van der Waals surface area (Å²) in [7, 11) is 2.79. The Kier molecular flexibility index (Phi) is 9.95. The summed E-state index contributed by atoms with van der Waals surface area (Å²) < 4.78 is 0. The molecule has 0 rings (SSSR count). The molecule has 0 radical (unpaired) electrons. The van der Waals surface area contributed by atoms with Crippen LogP contribution in [0, 0.1) is 0 Å². The molecule has 0 amide bonds. The third-order valence-corrected chi connectivity index (χ3v) is 4.68. The van der Waals surface area contributed by atoms with Crippen molar-refractivity contribution in [3.8, 4) is 0 Å². The summed E-state index contributed by atoms with van der Waals surface area (Å²) >= 11 is 0. The van der Waals surface area contributed by atoms with E-state index in [1.807, 2.05) is 0 Å². The molecule has 12 heteroatoms. The number of nitrogens with zero attached hydrogens (tertiary/aromatic N) is 2. The zero-order valence-electron chi connectivity index (χ0n) is 11.7. The quantitative estimate of drug-likeness (QED) is 0.111. The number of hydrogen-bond donors (Lipinski definition) is 6. The molecule has 22 heavy (non-hydrogen) atoms. The van der Waals surface area contributed by atoms with E-state index in [2.05, 4.69) is 9.98 Å². The minimum absolute atomic E-state index is 0.265.